The minimum absolute atomic E-state index is 1.30. The van der Waals surface area contributed by atoms with Gasteiger partial charge in [0.2, 0.25) is 0 Å². The van der Waals surface area contributed by atoms with Gasteiger partial charge in [-0.1, -0.05) is 38.5 Å². The second-order valence-corrected chi connectivity index (χ2v) is 3.90. The van der Waals surface area contributed by atoms with Gasteiger partial charge >= 0.3 is 0 Å². The standard InChI is InChI=1S/C8H9PS/c1-10-7-9-8-5-3-2-4-6-8/h2-7H,1H3. The monoisotopic (exact) mass is 168 g/mol. The first-order valence-corrected chi connectivity index (χ1v) is 5.29. The van der Waals surface area contributed by atoms with Gasteiger partial charge in [0.25, 0.3) is 0 Å². The molecule has 0 aliphatic carbocycles. The van der Waals surface area contributed by atoms with Gasteiger partial charge in [-0.15, -0.1) is 11.8 Å². The summed E-state index contributed by atoms with van der Waals surface area (Å²) in [4.78, 5) is 0. The largest absolute Gasteiger partial charge is 0.133 e. The molecule has 0 aliphatic heterocycles. The number of benzene rings is 1. The van der Waals surface area contributed by atoms with Crippen LogP contribution in [0.5, 0.6) is 0 Å². The molecule has 0 bridgehead atoms. The third-order valence-corrected chi connectivity index (χ3v) is 2.92. The first-order chi connectivity index (χ1) is 4.93. The molecule has 0 radical (unpaired) electrons. The SMILES string of the molecule is CSC=Pc1ccccc1. The van der Waals surface area contributed by atoms with E-state index in [4.69, 9.17) is 0 Å². The molecule has 0 saturated carbocycles. The summed E-state index contributed by atoms with van der Waals surface area (Å²) in [6.07, 6.45) is 2.08. The van der Waals surface area contributed by atoms with Crippen LogP contribution >= 0.6 is 20.0 Å². The van der Waals surface area contributed by atoms with Gasteiger partial charge in [0.1, 0.15) is 0 Å². The Morgan fingerprint density at radius 1 is 1.30 bits per heavy atom. The van der Waals surface area contributed by atoms with Gasteiger partial charge in [0.15, 0.2) is 0 Å². The molecule has 0 aromatic heterocycles. The molecule has 0 atom stereocenters. The van der Waals surface area contributed by atoms with Crippen LogP contribution in [-0.2, 0) is 0 Å². The van der Waals surface area contributed by atoms with Crippen molar-refractivity contribution < 1.29 is 0 Å². The predicted molar refractivity (Wildman–Crippen MR) is 52.6 cm³/mol. The number of thioether (sulfide) groups is 1. The van der Waals surface area contributed by atoms with E-state index in [0.717, 1.165) is 0 Å². The highest BCUT2D eigenvalue weighted by molar-refractivity contribution is 8.16. The van der Waals surface area contributed by atoms with Crippen LogP contribution < -0.4 is 5.30 Å². The minimum Gasteiger partial charge on any atom is -0.133 e. The molecule has 0 nitrogen and oxygen atoms in total. The second kappa shape index (κ2) is 4.54. The Morgan fingerprint density at radius 3 is 2.60 bits per heavy atom. The summed E-state index contributed by atoms with van der Waals surface area (Å²) in [6, 6.07) is 10.4. The van der Waals surface area contributed by atoms with Crippen molar-refractivity contribution in [2.75, 3.05) is 6.26 Å². The Hall–Kier alpha value is -0.260. The molecule has 0 spiro atoms. The fourth-order valence-electron chi connectivity index (χ4n) is 0.628. The van der Waals surface area contributed by atoms with Crippen molar-refractivity contribution in [2.45, 2.75) is 0 Å². The van der Waals surface area contributed by atoms with Gasteiger partial charge in [0, 0.05) is 5.30 Å². The smallest absolute Gasteiger partial charge is 0.00226 e. The number of rotatable bonds is 2. The van der Waals surface area contributed by atoms with Crippen LogP contribution in [0.15, 0.2) is 30.3 Å². The van der Waals surface area contributed by atoms with Crippen LogP contribution in [0.4, 0.5) is 0 Å². The van der Waals surface area contributed by atoms with E-state index in [-0.39, 0.29) is 0 Å². The highest BCUT2D eigenvalue weighted by Gasteiger charge is 1.80. The summed E-state index contributed by atoms with van der Waals surface area (Å²) in [7, 11) is 1.30. The molecule has 1 rings (SSSR count). The van der Waals surface area contributed by atoms with Crippen molar-refractivity contribution in [1.29, 1.82) is 0 Å². The van der Waals surface area contributed by atoms with E-state index in [9.17, 15) is 0 Å². The van der Waals surface area contributed by atoms with Crippen molar-refractivity contribution in [3.63, 3.8) is 0 Å². The molecule has 1 aromatic carbocycles. The summed E-state index contributed by atoms with van der Waals surface area (Å²) < 4.78 is 0. The molecule has 0 saturated heterocycles. The summed E-state index contributed by atoms with van der Waals surface area (Å²) in [5, 5.41) is 3.53. The van der Waals surface area contributed by atoms with Crippen LogP contribution in [0.1, 0.15) is 0 Å². The quantitative estimate of drug-likeness (QED) is 0.611. The van der Waals surface area contributed by atoms with E-state index in [1.807, 2.05) is 6.07 Å². The molecule has 52 valence electrons. The zero-order valence-corrected chi connectivity index (χ0v) is 7.53. The topological polar surface area (TPSA) is 0 Å². The third-order valence-electron chi connectivity index (χ3n) is 1.06. The molecular formula is C8H9PS. The maximum absolute atomic E-state index is 2.18. The fraction of sp³-hybridized carbons (Fsp3) is 0.125. The van der Waals surface area contributed by atoms with Crippen molar-refractivity contribution in [1.82, 2.24) is 0 Å². The minimum atomic E-state index is 1.30. The number of hydrogen-bond donors (Lipinski definition) is 0. The maximum Gasteiger partial charge on any atom is 0.00226 e. The third kappa shape index (κ3) is 2.55. The van der Waals surface area contributed by atoms with Gasteiger partial charge in [0.05, 0.1) is 0 Å². The van der Waals surface area contributed by atoms with Gasteiger partial charge < -0.3 is 0 Å². The number of hydrogen-bond acceptors (Lipinski definition) is 1. The Kier molecular flexibility index (Phi) is 3.56. The molecule has 0 amide bonds. The molecule has 0 heterocycles. The van der Waals surface area contributed by atoms with Crippen LogP contribution in [-0.4, -0.2) is 11.4 Å². The Balaban J connectivity index is 2.67. The Labute approximate surface area is 67.5 Å². The van der Waals surface area contributed by atoms with Crippen LogP contribution in [0, 0.1) is 0 Å². The second-order valence-electron chi connectivity index (χ2n) is 1.81. The van der Waals surface area contributed by atoms with E-state index in [1.165, 1.54) is 13.5 Å². The summed E-state index contributed by atoms with van der Waals surface area (Å²) >= 11 is 1.76. The van der Waals surface area contributed by atoms with Crippen molar-refractivity contribution in [3.8, 4) is 0 Å². The van der Waals surface area contributed by atoms with Gasteiger partial charge in [-0.05, 0) is 11.4 Å². The molecule has 0 fully saturated rings. The fourth-order valence-corrected chi connectivity index (χ4v) is 1.88. The maximum atomic E-state index is 2.18. The van der Waals surface area contributed by atoms with Crippen molar-refractivity contribution >= 4 is 30.4 Å². The van der Waals surface area contributed by atoms with Crippen molar-refractivity contribution in [3.05, 3.63) is 30.3 Å². The molecule has 10 heavy (non-hydrogen) atoms. The average molecular weight is 168 g/mol. The van der Waals surface area contributed by atoms with E-state index in [2.05, 4.69) is 35.6 Å². The highest BCUT2D eigenvalue weighted by atomic mass is 32.2. The lowest BCUT2D eigenvalue weighted by Gasteiger charge is -1.87. The normalized spacial score (nSPS) is 10.5. The molecule has 2 heteroatoms. The Morgan fingerprint density at radius 2 is 2.00 bits per heavy atom. The summed E-state index contributed by atoms with van der Waals surface area (Å²) in [5.41, 5.74) is 0. The lowest BCUT2D eigenvalue weighted by Crippen LogP contribution is -1.86. The zero-order chi connectivity index (χ0) is 7.23. The van der Waals surface area contributed by atoms with E-state index in [0.29, 0.717) is 0 Å². The highest BCUT2D eigenvalue weighted by Crippen LogP contribution is 2.00. The molecule has 0 unspecified atom stereocenters. The molecule has 0 aliphatic rings. The first kappa shape index (κ1) is 7.84. The summed E-state index contributed by atoms with van der Waals surface area (Å²) in [6.45, 7) is 0. The average Bonchev–Trinajstić information content (AvgIpc) is 2.03. The molecular weight excluding hydrogens is 159 g/mol. The van der Waals surface area contributed by atoms with E-state index in [1.54, 1.807) is 11.8 Å². The predicted octanol–water partition coefficient (Wildman–Crippen LogP) is 2.38. The van der Waals surface area contributed by atoms with Gasteiger partial charge in [-0.3, -0.25) is 0 Å². The lowest BCUT2D eigenvalue weighted by atomic mass is 10.4. The lowest BCUT2D eigenvalue weighted by molar-refractivity contribution is 1.78. The van der Waals surface area contributed by atoms with Gasteiger partial charge in [-0.25, -0.2) is 0 Å². The summed E-state index contributed by atoms with van der Waals surface area (Å²) in [5.74, 6) is 0. The van der Waals surface area contributed by atoms with Crippen LogP contribution in [0.25, 0.3) is 0 Å². The van der Waals surface area contributed by atoms with E-state index < -0.39 is 0 Å². The van der Waals surface area contributed by atoms with Gasteiger partial charge in [-0.2, -0.15) is 0 Å². The Bertz CT molecular complexity index is 206. The zero-order valence-electron chi connectivity index (χ0n) is 5.82. The first-order valence-electron chi connectivity index (χ1n) is 3.04. The van der Waals surface area contributed by atoms with E-state index >= 15 is 0 Å². The van der Waals surface area contributed by atoms with Crippen LogP contribution in [0.3, 0.4) is 0 Å². The molecule has 1 aromatic rings. The van der Waals surface area contributed by atoms with Crippen molar-refractivity contribution in [2.24, 2.45) is 0 Å². The van der Waals surface area contributed by atoms with Crippen LogP contribution in [0.2, 0.25) is 0 Å². The molecule has 0 N–H and O–H groups in total.